The van der Waals surface area contributed by atoms with Gasteiger partial charge >= 0.3 is 0 Å². The topological polar surface area (TPSA) is 109 Å². The van der Waals surface area contributed by atoms with E-state index < -0.39 is 0 Å². The molecular weight excluding hydrogens is 444 g/mol. The first kappa shape index (κ1) is 19.6. The molecule has 0 saturated carbocycles. The van der Waals surface area contributed by atoms with Gasteiger partial charge in [0.15, 0.2) is 5.65 Å². The number of carbonyl (C=O) groups is 1. The molecule has 1 amide bonds. The lowest BCUT2D eigenvalue weighted by Gasteiger charge is -2.09. The smallest absolute Gasteiger partial charge is 0.261 e. The highest BCUT2D eigenvalue weighted by atomic mass is 79.9. The number of nitrogen functional groups attached to an aromatic ring is 1. The molecule has 0 unspecified atom stereocenters. The molecule has 0 fully saturated rings. The van der Waals surface area contributed by atoms with Crippen LogP contribution in [0.4, 0.5) is 11.5 Å². The number of aryl methyl sites for hydroxylation is 1. The molecule has 0 aliphatic carbocycles. The van der Waals surface area contributed by atoms with Crippen LogP contribution < -0.4 is 11.1 Å². The second-order valence-corrected chi connectivity index (χ2v) is 7.55. The number of nitriles is 1. The number of halogens is 1. The second kappa shape index (κ2) is 7.97. The number of nitrogens with two attached hydrogens (primary N) is 1. The fourth-order valence-electron chi connectivity index (χ4n) is 3.12. The minimum atomic E-state index is -0.354. The van der Waals surface area contributed by atoms with Crippen LogP contribution in [0.5, 0.6) is 0 Å². The highest BCUT2D eigenvalue weighted by Gasteiger charge is 2.21. The Labute approximate surface area is 181 Å². The molecule has 0 aliphatic heterocycles. The fourth-order valence-corrected chi connectivity index (χ4v) is 3.39. The molecule has 2 aromatic heterocycles. The van der Waals surface area contributed by atoms with Crippen molar-refractivity contribution >= 4 is 39.0 Å². The summed E-state index contributed by atoms with van der Waals surface area (Å²) in [6.07, 6.45) is 2.33. The standard InChI is InChI=1S/C22H17BrN6O/c1-2-13-3-9-16(10-4-13)27-22(30)18-12-26-29-20(25)17(11-24)19(28-21(18)29)14-5-7-15(23)8-6-14/h3-10,12H,2,25H2,1H3,(H,27,30). The van der Waals surface area contributed by atoms with E-state index >= 15 is 0 Å². The number of nitrogens with one attached hydrogen (secondary N) is 1. The third-order valence-electron chi connectivity index (χ3n) is 4.78. The van der Waals surface area contributed by atoms with E-state index in [4.69, 9.17) is 5.73 Å². The number of rotatable bonds is 4. The van der Waals surface area contributed by atoms with Crippen LogP contribution in [0, 0.1) is 11.3 Å². The third kappa shape index (κ3) is 3.51. The number of anilines is 2. The number of hydrogen-bond donors (Lipinski definition) is 2. The maximum atomic E-state index is 12.9. The monoisotopic (exact) mass is 460 g/mol. The minimum Gasteiger partial charge on any atom is -0.382 e. The Bertz CT molecular complexity index is 1290. The largest absolute Gasteiger partial charge is 0.382 e. The normalized spacial score (nSPS) is 10.7. The van der Waals surface area contributed by atoms with Crippen LogP contribution in [0.25, 0.3) is 16.9 Å². The van der Waals surface area contributed by atoms with Crippen LogP contribution in [0.1, 0.15) is 28.4 Å². The van der Waals surface area contributed by atoms with Crippen LogP contribution in [0.3, 0.4) is 0 Å². The average molecular weight is 461 g/mol. The average Bonchev–Trinajstić information content (AvgIpc) is 3.19. The molecule has 0 radical (unpaired) electrons. The maximum Gasteiger partial charge on any atom is 0.261 e. The van der Waals surface area contributed by atoms with Gasteiger partial charge in [-0.25, -0.2) is 4.98 Å². The van der Waals surface area contributed by atoms with Crippen molar-refractivity contribution in [1.82, 2.24) is 14.6 Å². The second-order valence-electron chi connectivity index (χ2n) is 6.64. The van der Waals surface area contributed by atoms with E-state index in [9.17, 15) is 10.1 Å². The van der Waals surface area contributed by atoms with E-state index in [0.29, 0.717) is 16.9 Å². The SMILES string of the molecule is CCc1ccc(NC(=O)c2cnn3c(N)c(C#N)c(-c4ccc(Br)cc4)nc23)cc1. The van der Waals surface area contributed by atoms with E-state index in [1.807, 2.05) is 48.5 Å². The molecule has 30 heavy (non-hydrogen) atoms. The number of hydrogen-bond acceptors (Lipinski definition) is 5. The molecule has 4 aromatic rings. The van der Waals surface area contributed by atoms with Gasteiger partial charge in [-0.05, 0) is 36.2 Å². The summed E-state index contributed by atoms with van der Waals surface area (Å²) < 4.78 is 2.22. The number of fused-ring (bicyclic) bond motifs is 1. The highest BCUT2D eigenvalue weighted by molar-refractivity contribution is 9.10. The molecule has 148 valence electrons. The van der Waals surface area contributed by atoms with Crippen LogP contribution in [0.2, 0.25) is 0 Å². The van der Waals surface area contributed by atoms with Gasteiger partial charge in [0, 0.05) is 15.7 Å². The van der Waals surface area contributed by atoms with Gasteiger partial charge in [-0.1, -0.05) is 47.1 Å². The maximum absolute atomic E-state index is 12.9. The first-order valence-electron chi connectivity index (χ1n) is 9.25. The van der Waals surface area contributed by atoms with E-state index in [2.05, 4.69) is 44.3 Å². The van der Waals surface area contributed by atoms with Gasteiger partial charge in [-0.3, -0.25) is 4.79 Å². The van der Waals surface area contributed by atoms with Crippen LogP contribution in [0.15, 0.2) is 59.2 Å². The molecule has 3 N–H and O–H groups in total. The van der Waals surface area contributed by atoms with Crippen LogP contribution in [-0.4, -0.2) is 20.5 Å². The summed E-state index contributed by atoms with van der Waals surface area (Å²) in [5.41, 5.74) is 9.92. The van der Waals surface area contributed by atoms with Crippen molar-refractivity contribution < 1.29 is 4.79 Å². The zero-order chi connectivity index (χ0) is 21.3. The Morgan fingerprint density at radius 3 is 2.53 bits per heavy atom. The van der Waals surface area contributed by atoms with Gasteiger partial charge in [0.05, 0.1) is 11.9 Å². The first-order valence-corrected chi connectivity index (χ1v) is 10.0. The van der Waals surface area contributed by atoms with E-state index in [-0.39, 0.29) is 28.5 Å². The highest BCUT2D eigenvalue weighted by Crippen LogP contribution is 2.28. The summed E-state index contributed by atoms with van der Waals surface area (Å²) in [7, 11) is 0. The Morgan fingerprint density at radius 2 is 1.90 bits per heavy atom. The van der Waals surface area contributed by atoms with Crippen molar-refractivity contribution in [2.75, 3.05) is 11.1 Å². The molecule has 4 rings (SSSR count). The van der Waals surface area contributed by atoms with E-state index in [0.717, 1.165) is 10.9 Å². The number of carbonyl (C=O) groups excluding carboxylic acids is 1. The summed E-state index contributed by atoms with van der Waals surface area (Å²) in [5, 5.41) is 16.7. The zero-order valence-electron chi connectivity index (χ0n) is 16.1. The fraction of sp³-hybridized carbons (Fsp3) is 0.0909. The molecule has 0 saturated heterocycles. The molecule has 2 aromatic carbocycles. The van der Waals surface area contributed by atoms with Crippen molar-refractivity contribution in [3.05, 3.63) is 75.9 Å². The summed E-state index contributed by atoms with van der Waals surface area (Å²) >= 11 is 3.40. The summed E-state index contributed by atoms with van der Waals surface area (Å²) in [5.74, 6) is -0.223. The predicted molar refractivity (Wildman–Crippen MR) is 119 cm³/mol. The molecule has 0 aliphatic rings. The molecule has 0 spiro atoms. The van der Waals surface area contributed by atoms with Gasteiger partial charge in [-0.15, -0.1) is 0 Å². The van der Waals surface area contributed by atoms with Crippen molar-refractivity contribution in [2.24, 2.45) is 0 Å². The summed E-state index contributed by atoms with van der Waals surface area (Å²) in [6, 6.07) is 17.1. The summed E-state index contributed by atoms with van der Waals surface area (Å²) in [6.45, 7) is 2.07. The van der Waals surface area contributed by atoms with Gasteiger partial charge in [0.25, 0.3) is 5.91 Å². The van der Waals surface area contributed by atoms with Crippen LogP contribution >= 0.6 is 15.9 Å². The third-order valence-corrected chi connectivity index (χ3v) is 5.31. The molecule has 8 heteroatoms. The number of amides is 1. The van der Waals surface area contributed by atoms with Gasteiger partial charge < -0.3 is 11.1 Å². The van der Waals surface area contributed by atoms with Crippen molar-refractivity contribution in [3.63, 3.8) is 0 Å². The summed E-state index contributed by atoms with van der Waals surface area (Å²) in [4.78, 5) is 17.5. The Kier molecular flexibility index (Phi) is 5.21. The number of benzene rings is 2. The Hall–Kier alpha value is -3.70. The zero-order valence-corrected chi connectivity index (χ0v) is 17.6. The molecule has 0 atom stereocenters. The minimum absolute atomic E-state index is 0.131. The van der Waals surface area contributed by atoms with Crippen molar-refractivity contribution in [2.45, 2.75) is 13.3 Å². The lowest BCUT2D eigenvalue weighted by molar-refractivity contribution is 0.102. The quantitative estimate of drug-likeness (QED) is 0.468. The molecule has 7 nitrogen and oxygen atoms in total. The predicted octanol–water partition coefficient (Wildman–Crippen LogP) is 4.43. The van der Waals surface area contributed by atoms with Gasteiger partial charge in [0.1, 0.15) is 23.0 Å². The number of nitrogens with zero attached hydrogens (tertiary/aromatic N) is 4. The van der Waals surface area contributed by atoms with Crippen molar-refractivity contribution in [3.8, 4) is 17.3 Å². The molecule has 2 heterocycles. The van der Waals surface area contributed by atoms with Crippen LogP contribution in [-0.2, 0) is 6.42 Å². The van der Waals surface area contributed by atoms with E-state index in [1.165, 1.54) is 16.3 Å². The van der Waals surface area contributed by atoms with Gasteiger partial charge in [0.2, 0.25) is 0 Å². The van der Waals surface area contributed by atoms with E-state index in [1.54, 1.807) is 0 Å². The Balaban J connectivity index is 1.78. The van der Waals surface area contributed by atoms with Gasteiger partial charge in [-0.2, -0.15) is 14.9 Å². The molecular formula is C22H17BrN6O. The van der Waals surface area contributed by atoms with Crippen molar-refractivity contribution in [1.29, 1.82) is 5.26 Å². The number of aromatic nitrogens is 3. The molecule has 0 bridgehead atoms. The first-order chi connectivity index (χ1) is 14.5. The lowest BCUT2D eigenvalue weighted by Crippen LogP contribution is -2.13. The Morgan fingerprint density at radius 1 is 1.20 bits per heavy atom. The lowest BCUT2D eigenvalue weighted by atomic mass is 10.1.